The van der Waals surface area contributed by atoms with Gasteiger partial charge in [-0.1, -0.05) is 0 Å². The van der Waals surface area contributed by atoms with Crippen LogP contribution < -0.4 is 0 Å². The van der Waals surface area contributed by atoms with Gasteiger partial charge in [0, 0.05) is 12.8 Å². The number of nitrogens with zero attached hydrogens (tertiary/aromatic N) is 4. The van der Waals surface area contributed by atoms with Gasteiger partial charge in [-0.15, -0.1) is 5.01 Å². The van der Waals surface area contributed by atoms with Crippen LogP contribution in [0, 0.1) is 5.21 Å². The first-order chi connectivity index (χ1) is 9.17. The lowest BCUT2D eigenvalue weighted by Gasteiger charge is -2.26. The molecule has 1 rings (SSSR count). The smallest absolute Gasteiger partial charge is 0.334 e. The van der Waals surface area contributed by atoms with E-state index in [0.29, 0.717) is 0 Å². The lowest BCUT2D eigenvalue weighted by Crippen LogP contribution is -2.51. The molecule has 20 heavy (non-hydrogen) atoms. The van der Waals surface area contributed by atoms with Crippen LogP contribution in [0.3, 0.4) is 0 Å². The van der Waals surface area contributed by atoms with Crippen molar-refractivity contribution in [3.05, 3.63) is 5.21 Å². The summed E-state index contributed by atoms with van der Waals surface area (Å²) in [6, 6.07) is 0. The van der Waals surface area contributed by atoms with E-state index in [-0.39, 0.29) is 17.8 Å². The van der Waals surface area contributed by atoms with Gasteiger partial charge >= 0.3 is 5.97 Å². The molecule has 10 heteroatoms. The number of aliphatic carboxylic acids is 1. The molecular weight excluding hydrogens is 272 g/mol. The highest BCUT2D eigenvalue weighted by atomic mass is 16.7. The van der Waals surface area contributed by atoms with E-state index >= 15 is 0 Å². The summed E-state index contributed by atoms with van der Waals surface area (Å²) >= 11 is 0. The zero-order chi connectivity index (χ0) is 15.5. The second-order valence-corrected chi connectivity index (χ2v) is 4.70. The lowest BCUT2D eigenvalue weighted by atomic mass is 10.1. The average molecular weight is 288 g/mol. The monoisotopic (exact) mass is 288 g/mol. The van der Waals surface area contributed by atoms with Gasteiger partial charge in [-0.2, -0.15) is 0 Å². The maximum atomic E-state index is 11.5. The number of hydrogen-bond acceptors (Lipinski definition) is 6. The van der Waals surface area contributed by atoms with E-state index in [4.69, 9.17) is 5.11 Å². The van der Waals surface area contributed by atoms with E-state index in [0.717, 1.165) is 9.91 Å². The number of rotatable bonds is 6. The molecule has 1 aliphatic rings. The maximum Gasteiger partial charge on any atom is 0.334 e. The Morgan fingerprint density at radius 2 is 2.00 bits per heavy atom. The molecule has 2 amide bonds. The fourth-order valence-corrected chi connectivity index (χ4v) is 1.31. The van der Waals surface area contributed by atoms with Crippen LogP contribution in [0.2, 0.25) is 0 Å². The highest BCUT2D eigenvalue weighted by molar-refractivity contribution is 6.01. The van der Waals surface area contributed by atoms with Crippen molar-refractivity contribution in [1.82, 2.24) is 9.91 Å². The Kier molecular flexibility index (Phi) is 4.48. The summed E-state index contributed by atoms with van der Waals surface area (Å²) in [6.45, 7) is 2.14. The summed E-state index contributed by atoms with van der Waals surface area (Å²) in [4.78, 5) is 38.8. The number of carbonyl (C=O) groups excluding carboxylic acids is 2. The number of likely N-dealkylation sites (tertiary alicyclic amines) is 1. The number of likely N-dealkylation sites (N-methyl/N-ethyl adjacent to an activating group) is 1. The first kappa shape index (κ1) is 15.7. The standard InChI is InChI=1S/C10H16N4O6/c1-10(2,9(17)18)12(3)14(19)11-20-6-13-7(15)4-5-8(13)16/h4-6H2,1-3H3,(H,17,18)/b14-11-. The van der Waals surface area contributed by atoms with Crippen LogP contribution >= 0.6 is 0 Å². The molecular formula is C10H16N4O6. The molecule has 0 spiro atoms. The summed E-state index contributed by atoms with van der Waals surface area (Å²) in [5.41, 5.74) is -1.49. The van der Waals surface area contributed by atoms with Gasteiger partial charge < -0.3 is 15.2 Å². The van der Waals surface area contributed by atoms with Gasteiger partial charge in [-0.3, -0.25) is 9.59 Å². The molecule has 0 bridgehead atoms. The van der Waals surface area contributed by atoms with Gasteiger partial charge in [-0.25, -0.2) is 9.69 Å². The Bertz CT molecular complexity index is 445. The van der Waals surface area contributed by atoms with Crippen LogP contribution in [0.5, 0.6) is 0 Å². The van der Waals surface area contributed by atoms with Crippen LogP contribution in [0.1, 0.15) is 26.7 Å². The molecule has 0 aromatic heterocycles. The van der Waals surface area contributed by atoms with Crippen molar-refractivity contribution in [2.75, 3.05) is 13.8 Å². The van der Waals surface area contributed by atoms with Crippen LogP contribution in [-0.2, 0) is 19.2 Å². The number of amides is 2. The molecule has 1 N–H and O–H groups in total. The number of carboxylic acids is 1. The molecule has 10 nitrogen and oxygen atoms in total. The zero-order valence-electron chi connectivity index (χ0n) is 11.4. The molecule has 0 saturated carbocycles. The Balaban J connectivity index is 2.60. The first-order valence-electron chi connectivity index (χ1n) is 5.78. The predicted molar refractivity (Wildman–Crippen MR) is 62.6 cm³/mol. The Morgan fingerprint density at radius 1 is 1.50 bits per heavy atom. The number of carbonyl (C=O) groups is 3. The van der Waals surface area contributed by atoms with Crippen molar-refractivity contribution in [1.29, 1.82) is 0 Å². The second-order valence-electron chi connectivity index (χ2n) is 4.70. The van der Waals surface area contributed by atoms with Gasteiger partial charge in [0.05, 0.1) is 12.0 Å². The van der Waals surface area contributed by atoms with Gasteiger partial charge in [0.1, 0.15) is 0 Å². The third-order valence-corrected chi connectivity index (χ3v) is 3.06. The fourth-order valence-electron chi connectivity index (χ4n) is 1.31. The van der Waals surface area contributed by atoms with Crippen LogP contribution in [0.4, 0.5) is 0 Å². The predicted octanol–water partition coefficient (Wildman–Crippen LogP) is -0.303. The van der Waals surface area contributed by atoms with Gasteiger partial charge in [0.2, 0.25) is 23.8 Å². The summed E-state index contributed by atoms with van der Waals surface area (Å²) in [5, 5.41) is 24.4. The summed E-state index contributed by atoms with van der Waals surface area (Å²) in [7, 11) is 1.22. The van der Waals surface area contributed by atoms with E-state index in [1.54, 1.807) is 0 Å². The van der Waals surface area contributed by atoms with Crippen LogP contribution in [0.25, 0.3) is 0 Å². The highest BCUT2D eigenvalue weighted by Crippen LogP contribution is 2.13. The zero-order valence-corrected chi connectivity index (χ0v) is 11.4. The molecule has 0 aliphatic carbocycles. The summed E-state index contributed by atoms with van der Waals surface area (Å²) in [5.74, 6) is -2.02. The minimum absolute atomic E-state index is 0.0564. The van der Waals surface area contributed by atoms with Gasteiger partial charge in [0.15, 0.2) is 5.54 Å². The topological polar surface area (TPSA) is 126 Å². The van der Waals surface area contributed by atoms with E-state index < -0.39 is 30.1 Å². The summed E-state index contributed by atoms with van der Waals surface area (Å²) in [6.07, 6.45) is 0.213. The second kappa shape index (κ2) is 5.72. The van der Waals surface area contributed by atoms with E-state index in [2.05, 4.69) is 10.1 Å². The van der Waals surface area contributed by atoms with Crippen molar-refractivity contribution in [3.63, 3.8) is 0 Å². The molecule has 0 unspecified atom stereocenters. The minimum Gasteiger partial charge on any atom is -0.569 e. The third kappa shape index (κ3) is 3.13. The molecule has 0 radical (unpaired) electrons. The molecule has 1 saturated heterocycles. The summed E-state index contributed by atoms with van der Waals surface area (Å²) < 4.78 is 0. The number of hydrogen-bond donors (Lipinski definition) is 1. The van der Waals surface area contributed by atoms with Crippen LogP contribution in [0.15, 0.2) is 5.28 Å². The molecule has 1 aliphatic heterocycles. The molecule has 0 aromatic rings. The average Bonchev–Trinajstić information content (AvgIpc) is 2.68. The number of hydrazine groups is 1. The molecule has 1 fully saturated rings. The largest absolute Gasteiger partial charge is 0.569 e. The van der Waals surface area contributed by atoms with E-state index in [1.165, 1.54) is 20.9 Å². The molecule has 0 aromatic carbocycles. The van der Waals surface area contributed by atoms with Crippen molar-refractivity contribution in [2.45, 2.75) is 32.2 Å². The Morgan fingerprint density at radius 3 is 2.45 bits per heavy atom. The van der Waals surface area contributed by atoms with E-state index in [1.807, 2.05) is 0 Å². The third-order valence-electron chi connectivity index (χ3n) is 3.06. The quantitative estimate of drug-likeness (QED) is 0.307. The first-order valence-corrected chi connectivity index (χ1v) is 5.78. The molecule has 0 atom stereocenters. The van der Waals surface area contributed by atoms with Crippen LogP contribution in [-0.4, -0.2) is 57.1 Å². The van der Waals surface area contributed by atoms with Crippen molar-refractivity contribution >= 4 is 17.8 Å². The van der Waals surface area contributed by atoms with Gasteiger partial charge in [-0.05, 0) is 13.8 Å². The maximum absolute atomic E-state index is 11.5. The fraction of sp³-hybridized carbons (Fsp3) is 0.700. The Hall–Kier alpha value is -2.39. The normalized spacial score (nSPS) is 16.6. The SMILES string of the molecule is CN(/[N+]([O-])=N/OCN1C(=O)CCC1=O)C(C)(C)C(=O)O. The van der Waals surface area contributed by atoms with Crippen molar-refractivity contribution < 1.29 is 29.3 Å². The van der Waals surface area contributed by atoms with Crippen molar-refractivity contribution in [2.24, 2.45) is 5.28 Å². The van der Waals surface area contributed by atoms with Crippen molar-refractivity contribution in [3.8, 4) is 0 Å². The highest BCUT2D eigenvalue weighted by Gasteiger charge is 2.38. The number of carboxylic acid groups (broad SMARTS) is 1. The van der Waals surface area contributed by atoms with Gasteiger partial charge in [0.25, 0.3) is 0 Å². The minimum atomic E-state index is -1.49. The lowest BCUT2D eigenvalue weighted by molar-refractivity contribution is -0.717. The number of imide groups is 1. The Labute approximate surface area is 114 Å². The molecule has 1 heterocycles. The van der Waals surface area contributed by atoms with E-state index in [9.17, 15) is 19.6 Å². The molecule has 112 valence electrons.